The first kappa shape index (κ1) is 15.1. The highest BCUT2D eigenvalue weighted by Gasteiger charge is 2.45. The van der Waals surface area contributed by atoms with Crippen molar-refractivity contribution in [3.8, 4) is 0 Å². The van der Waals surface area contributed by atoms with Crippen LogP contribution in [0.25, 0.3) is 10.9 Å². The van der Waals surface area contributed by atoms with Gasteiger partial charge in [0.1, 0.15) is 5.60 Å². The quantitative estimate of drug-likeness (QED) is 0.816. The highest BCUT2D eigenvalue weighted by molar-refractivity contribution is 5.86. The number of carbonyl (C=O) groups excluding carboxylic acids is 1. The first-order valence-electron chi connectivity index (χ1n) is 7.89. The van der Waals surface area contributed by atoms with E-state index in [1.54, 1.807) is 0 Å². The van der Waals surface area contributed by atoms with E-state index < -0.39 is 5.60 Å². The van der Waals surface area contributed by atoms with Crippen molar-refractivity contribution in [2.45, 2.75) is 39.8 Å². The van der Waals surface area contributed by atoms with Crippen molar-refractivity contribution in [2.24, 2.45) is 5.92 Å². The highest BCUT2D eigenvalue weighted by atomic mass is 16.5. The summed E-state index contributed by atoms with van der Waals surface area (Å²) in [7, 11) is 0. The molecule has 4 heteroatoms. The molecule has 118 valence electrons. The van der Waals surface area contributed by atoms with E-state index in [4.69, 9.17) is 9.47 Å². The van der Waals surface area contributed by atoms with E-state index in [0.717, 1.165) is 12.2 Å². The van der Waals surface area contributed by atoms with Crippen LogP contribution in [0.1, 0.15) is 32.0 Å². The summed E-state index contributed by atoms with van der Waals surface area (Å²) in [5.41, 5.74) is 2.84. The van der Waals surface area contributed by atoms with Crippen LogP contribution in [0.15, 0.2) is 24.3 Å². The lowest BCUT2D eigenvalue weighted by molar-refractivity contribution is -0.166. The molecule has 0 aliphatic carbocycles. The zero-order valence-corrected chi connectivity index (χ0v) is 13.7. The lowest BCUT2D eigenvalue weighted by atomic mass is 9.84. The van der Waals surface area contributed by atoms with E-state index in [2.05, 4.69) is 29.7 Å². The Morgan fingerprint density at radius 1 is 1.45 bits per heavy atom. The average Bonchev–Trinajstić information content (AvgIpc) is 2.82. The number of esters is 1. The Morgan fingerprint density at radius 2 is 2.18 bits per heavy atom. The maximum atomic E-state index is 12.3. The van der Waals surface area contributed by atoms with E-state index in [0.29, 0.717) is 13.2 Å². The van der Waals surface area contributed by atoms with Gasteiger partial charge >= 0.3 is 5.97 Å². The molecule has 0 saturated carbocycles. The van der Waals surface area contributed by atoms with Crippen LogP contribution in [-0.4, -0.2) is 23.8 Å². The zero-order chi connectivity index (χ0) is 15.9. The number of carbonyl (C=O) groups is 1. The molecule has 3 rings (SSSR count). The number of aryl methyl sites for hydroxylation is 1. The Labute approximate surface area is 131 Å². The Hall–Kier alpha value is -1.81. The first-order valence-corrected chi connectivity index (χ1v) is 7.89. The minimum Gasteiger partial charge on any atom is -0.466 e. The topological polar surface area (TPSA) is 40.5 Å². The number of aromatic nitrogens is 1. The van der Waals surface area contributed by atoms with E-state index >= 15 is 0 Å². The lowest BCUT2D eigenvalue weighted by Gasteiger charge is -2.39. The molecule has 0 bridgehead atoms. The van der Waals surface area contributed by atoms with Crippen LogP contribution in [0.3, 0.4) is 0 Å². The van der Waals surface area contributed by atoms with Crippen LogP contribution in [0.2, 0.25) is 0 Å². The molecule has 1 aromatic heterocycles. The number of benzene rings is 1. The Kier molecular flexibility index (Phi) is 3.73. The number of ether oxygens (including phenoxy) is 2. The number of hydrogen-bond acceptors (Lipinski definition) is 3. The van der Waals surface area contributed by atoms with E-state index in [1.165, 1.54) is 16.5 Å². The maximum Gasteiger partial charge on any atom is 0.311 e. The normalized spacial score (nSPS) is 22.4. The van der Waals surface area contributed by atoms with Crippen LogP contribution >= 0.6 is 0 Å². The molecule has 1 aliphatic rings. The summed E-state index contributed by atoms with van der Waals surface area (Å²) >= 11 is 0. The van der Waals surface area contributed by atoms with Gasteiger partial charge in [-0.2, -0.15) is 0 Å². The second-order valence-electron chi connectivity index (χ2n) is 6.07. The second-order valence-corrected chi connectivity index (χ2v) is 6.07. The van der Waals surface area contributed by atoms with Crippen molar-refractivity contribution in [3.05, 3.63) is 35.5 Å². The highest BCUT2D eigenvalue weighted by Crippen LogP contribution is 2.42. The van der Waals surface area contributed by atoms with Crippen LogP contribution in [-0.2, 0) is 26.4 Å². The number of fused-ring (bicyclic) bond motifs is 3. The zero-order valence-electron chi connectivity index (χ0n) is 13.7. The molecule has 4 nitrogen and oxygen atoms in total. The molecule has 1 aliphatic heterocycles. The van der Waals surface area contributed by atoms with Gasteiger partial charge in [-0.3, -0.25) is 4.79 Å². The SMILES string of the molecule is CCOC(=O)C(C)C1(C)OCCn2c1c(C)c1ccccc12. The summed E-state index contributed by atoms with van der Waals surface area (Å²) in [5, 5.41) is 1.23. The Balaban J connectivity index is 2.17. The molecule has 2 unspecified atom stereocenters. The fraction of sp³-hybridized carbons (Fsp3) is 0.500. The Morgan fingerprint density at radius 3 is 2.91 bits per heavy atom. The molecule has 0 N–H and O–H groups in total. The molecule has 1 aromatic carbocycles. The van der Waals surface area contributed by atoms with Gasteiger partial charge in [-0.15, -0.1) is 0 Å². The number of nitrogens with zero attached hydrogens (tertiary/aromatic N) is 1. The molecule has 0 fully saturated rings. The Bertz CT molecular complexity index is 718. The number of rotatable bonds is 3. The van der Waals surface area contributed by atoms with Crippen molar-refractivity contribution in [1.29, 1.82) is 0 Å². The molecule has 2 atom stereocenters. The molecule has 0 saturated heterocycles. The average molecular weight is 301 g/mol. The van der Waals surface area contributed by atoms with Crippen LogP contribution in [0, 0.1) is 12.8 Å². The fourth-order valence-electron chi connectivity index (χ4n) is 3.59. The first-order chi connectivity index (χ1) is 10.5. The summed E-state index contributed by atoms with van der Waals surface area (Å²) in [5.74, 6) is -0.558. The van der Waals surface area contributed by atoms with E-state index in [1.807, 2.05) is 26.8 Å². The molecule has 2 aromatic rings. The van der Waals surface area contributed by atoms with Crippen molar-refractivity contribution in [3.63, 3.8) is 0 Å². The summed E-state index contributed by atoms with van der Waals surface area (Å²) < 4.78 is 13.6. The smallest absolute Gasteiger partial charge is 0.311 e. The van der Waals surface area contributed by atoms with Gasteiger partial charge in [-0.25, -0.2) is 0 Å². The van der Waals surface area contributed by atoms with Crippen LogP contribution < -0.4 is 0 Å². The second kappa shape index (κ2) is 5.43. The third-order valence-electron chi connectivity index (χ3n) is 4.88. The van der Waals surface area contributed by atoms with Crippen molar-refractivity contribution in [1.82, 2.24) is 4.57 Å². The minimum absolute atomic E-state index is 0.205. The number of hydrogen-bond donors (Lipinski definition) is 0. The monoisotopic (exact) mass is 301 g/mol. The summed E-state index contributed by atoms with van der Waals surface area (Å²) in [4.78, 5) is 12.3. The molecular weight excluding hydrogens is 278 g/mol. The summed E-state index contributed by atoms with van der Waals surface area (Å²) in [6.45, 7) is 9.65. The van der Waals surface area contributed by atoms with E-state index in [-0.39, 0.29) is 11.9 Å². The van der Waals surface area contributed by atoms with Gasteiger partial charge in [0.25, 0.3) is 0 Å². The van der Waals surface area contributed by atoms with Gasteiger partial charge in [0.2, 0.25) is 0 Å². The maximum absolute atomic E-state index is 12.3. The van der Waals surface area contributed by atoms with Crippen LogP contribution in [0.5, 0.6) is 0 Å². The molecule has 0 radical (unpaired) electrons. The number of para-hydroxylation sites is 1. The molecular formula is C18H23NO3. The summed E-state index contributed by atoms with van der Waals surface area (Å²) in [6.07, 6.45) is 0. The van der Waals surface area contributed by atoms with Crippen molar-refractivity contribution < 1.29 is 14.3 Å². The standard InChI is InChI=1S/C18H23NO3/c1-5-21-17(20)13(3)18(4)16-12(2)14-8-6-7-9-15(14)19(16)10-11-22-18/h6-9,13H,5,10-11H2,1-4H3. The van der Waals surface area contributed by atoms with E-state index in [9.17, 15) is 4.79 Å². The molecule has 0 amide bonds. The van der Waals surface area contributed by atoms with Gasteiger partial charge < -0.3 is 14.0 Å². The molecule has 22 heavy (non-hydrogen) atoms. The lowest BCUT2D eigenvalue weighted by Crippen LogP contribution is -2.44. The third kappa shape index (κ3) is 2.05. The fourth-order valence-corrected chi connectivity index (χ4v) is 3.59. The minimum atomic E-state index is -0.659. The third-order valence-corrected chi connectivity index (χ3v) is 4.88. The van der Waals surface area contributed by atoms with Crippen molar-refractivity contribution >= 4 is 16.9 Å². The van der Waals surface area contributed by atoms with Gasteiger partial charge in [-0.1, -0.05) is 18.2 Å². The van der Waals surface area contributed by atoms with Crippen molar-refractivity contribution in [2.75, 3.05) is 13.2 Å². The van der Waals surface area contributed by atoms with Gasteiger partial charge in [0.15, 0.2) is 0 Å². The largest absolute Gasteiger partial charge is 0.466 e. The predicted octanol–water partition coefficient (Wildman–Crippen LogP) is 3.39. The van der Waals surface area contributed by atoms with Gasteiger partial charge in [0.05, 0.1) is 24.8 Å². The predicted molar refractivity (Wildman–Crippen MR) is 85.8 cm³/mol. The summed E-state index contributed by atoms with van der Waals surface area (Å²) in [6, 6.07) is 8.36. The van der Waals surface area contributed by atoms with Gasteiger partial charge in [-0.05, 0) is 39.3 Å². The molecule has 0 spiro atoms. The van der Waals surface area contributed by atoms with Gasteiger partial charge in [0, 0.05) is 17.4 Å². The van der Waals surface area contributed by atoms with Crippen LogP contribution in [0.4, 0.5) is 0 Å². The molecule has 2 heterocycles.